The first-order chi connectivity index (χ1) is 9.70. The Kier molecular flexibility index (Phi) is 3.19. The van der Waals surface area contributed by atoms with Crippen LogP contribution in [0.5, 0.6) is 0 Å². The molecule has 4 nitrogen and oxygen atoms in total. The minimum atomic E-state index is 0.251. The molecule has 0 fully saturated rings. The Balaban J connectivity index is 1.94. The molecule has 0 radical (unpaired) electrons. The number of anilines is 1. The van der Waals surface area contributed by atoms with Gasteiger partial charge in [0.15, 0.2) is 0 Å². The molecule has 2 aromatic heterocycles. The number of rotatable bonds is 2. The van der Waals surface area contributed by atoms with Gasteiger partial charge in [0, 0.05) is 24.6 Å². The average Bonchev–Trinajstić information content (AvgIpc) is 2.77. The summed E-state index contributed by atoms with van der Waals surface area (Å²) in [6.45, 7) is 2.14. The number of aryl methyl sites for hydroxylation is 1. The molecule has 0 aliphatic heterocycles. The van der Waals surface area contributed by atoms with Gasteiger partial charge in [-0.2, -0.15) is 5.26 Å². The average molecular weight is 266 g/mol. The number of pyridine rings is 1. The van der Waals surface area contributed by atoms with Crippen molar-refractivity contribution in [3.63, 3.8) is 0 Å². The third-order valence-corrected chi connectivity index (χ3v) is 4.15. The number of nitrogens with one attached hydrogen (secondary N) is 1. The zero-order valence-electron chi connectivity index (χ0n) is 11.8. The Bertz CT molecular complexity index is 678. The topological polar surface area (TPSA) is 53.6 Å². The standard InChI is InChI=1S/C16H18N4/c1-11-9-13-14(6-3-7-15(13)20(11)2)19-16-12(10-17)5-4-8-18-16/h4-5,8-9,14H,3,6-7H2,1-2H3,(H,18,19). The van der Waals surface area contributed by atoms with Crippen molar-refractivity contribution in [2.75, 3.05) is 5.32 Å². The van der Waals surface area contributed by atoms with Crippen LogP contribution in [0.4, 0.5) is 5.82 Å². The van der Waals surface area contributed by atoms with E-state index >= 15 is 0 Å². The number of aromatic nitrogens is 2. The van der Waals surface area contributed by atoms with E-state index in [0.717, 1.165) is 19.3 Å². The second kappa shape index (κ2) is 5.01. The molecule has 0 aromatic carbocycles. The molecule has 0 bridgehead atoms. The number of fused-ring (bicyclic) bond motifs is 1. The highest BCUT2D eigenvalue weighted by Crippen LogP contribution is 2.34. The van der Waals surface area contributed by atoms with Gasteiger partial charge in [-0.05, 0) is 49.9 Å². The molecule has 1 atom stereocenters. The smallest absolute Gasteiger partial charge is 0.144 e. The summed E-state index contributed by atoms with van der Waals surface area (Å²) in [4.78, 5) is 4.31. The molecule has 2 aromatic rings. The van der Waals surface area contributed by atoms with E-state index in [1.807, 2.05) is 0 Å². The third-order valence-electron chi connectivity index (χ3n) is 4.15. The van der Waals surface area contributed by atoms with Crippen molar-refractivity contribution in [2.45, 2.75) is 32.2 Å². The highest BCUT2D eigenvalue weighted by atomic mass is 15.0. The highest BCUT2D eigenvalue weighted by Gasteiger charge is 2.24. The molecule has 1 aliphatic rings. The number of nitriles is 1. The van der Waals surface area contributed by atoms with Crippen LogP contribution in [0.1, 0.15) is 41.4 Å². The zero-order valence-corrected chi connectivity index (χ0v) is 11.8. The van der Waals surface area contributed by atoms with Crippen LogP contribution in [0.3, 0.4) is 0 Å². The maximum Gasteiger partial charge on any atom is 0.144 e. The summed E-state index contributed by atoms with van der Waals surface area (Å²) >= 11 is 0. The lowest BCUT2D eigenvalue weighted by atomic mass is 9.92. The van der Waals surface area contributed by atoms with Gasteiger partial charge in [-0.15, -0.1) is 0 Å². The van der Waals surface area contributed by atoms with E-state index in [2.05, 4.69) is 41.0 Å². The lowest BCUT2D eigenvalue weighted by Gasteiger charge is -2.25. The lowest BCUT2D eigenvalue weighted by Crippen LogP contribution is -2.18. The van der Waals surface area contributed by atoms with E-state index in [4.69, 9.17) is 5.26 Å². The van der Waals surface area contributed by atoms with Gasteiger partial charge in [-0.25, -0.2) is 4.98 Å². The molecule has 1 N–H and O–H groups in total. The molecule has 1 aliphatic carbocycles. The molecule has 0 spiro atoms. The normalized spacial score (nSPS) is 17.4. The van der Waals surface area contributed by atoms with Crippen LogP contribution in [0.2, 0.25) is 0 Å². The molecule has 3 rings (SSSR count). The molecule has 20 heavy (non-hydrogen) atoms. The van der Waals surface area contributed by atoms with Crippen molar-refractivity contribution < 1.29 is 0 Å². The van der Waals surface area contributed by atoms with Crippen LogP contribution in [-0.4, -0.2) is 9.55 Å². The monoisotopic (exact) mass is 266 g/mol. The first-order valence-electron chi connectivity index (χ1n) is 6.97. The lowest BCUT2D eigenvalue weighted by molar-refractivity contribution is 0.577. The Morgan fingerprint density at radius 1 is 1.50 bits per heavy atom. The first kappa shape index (κ1) is 12.7. The van der Waals surface area contributed by atoms with Crippen LogP contribution >= 0.6 is 0 Å². The van der Waals surface area contributed by atoms with Gasteiger partial charge in [0.25, 0.3) is 0 Å². The van der Waals surface area contributed by atoms with E-state index in [1.165, 1.54) is 17.0 Å². The predicted molar refractivity (Wildman–Crippen MR) is 78.4 cm³/mol. The number of hydrogen-bond acceptors (Lipinski definition) is 3. The molecule has 0 amide bonds. The van der Waals surface area contributed by atoms with Crippen molar-refractivity contribution in [3.05, 3.63) is 46.9 Å². The summed E-state index contributed by atoms with van der Waals surface area (Å²) in [5.41, 5.74) is 4.64. The number of nitrogens with zero attached hydrogens (tertiary/aromatic N) is 3. The van der Waals surface area contributed by atoms with Gasteiger partial charge in [0.05, 0.1) is 11.6 Å². The maximum absolute atomic E-state index is 9.16. The van der Waals surface area contributed by atoms with E-state index < -0.39 is 0 Å². The second-order valence-electron chi connectivity index (χ2n) is 5.35. The summed E-state index contributed by atoms with van der Waals surface area (Å²) in [5.74, 6) is 0.689. The van der Waals surface area contributed by atoms with Crippen LogP contribution in [0, 0.1) is 18.3 Å². The van der Waals surface area contributed by atoms with Crippen molar-refractivity contribution in [1.29, 1.82) is 5.26 Å². The third kappa shape index (κ3) is 2.05. The minimum absolute atomic E-state index is 0.251. The molecular weight excluding hydrogens is 248 g/mol. The van der Waals surface area contributed by atoms with Crippen molar-refractivity contribution in [1.82, 2.24) is 9.55 Å². The zero-order chi connectivity index (χ0) is 14.1. The van der Waals surface area contributed by atoms with Crippen molar-refractivity contribution in [2.24, 2.45) is 7.05 Å². The largest absolute Gasteiger partial charge is 0.362 e. The SMILES string of the molecule is Cc1cc2c(n1C)CCCC2Nc1ncccc1C#N. The molecular formula is C16H18N4. The Morgan fingerprint density at radius 3 is 3.15 bits per heavy atom. The van der Waals surface area contributed by atoms with Crippen molar-refractivity contribution >= 4 is 5.82 Å². The van der Waals surface area contributed by atoms with Crippen LogP contribution in [-0.2, 0) is 13.5 Å². The predicted octanol–water partition coefficient (Wildman–Crippen LogP) is 3.09. The van der Waals surface area contributed by atoms with Gasteiger partial charge in [-0.1, -0.05) is 0 Å². The Morgan fingerprint density at radius 2 is 2.35 bits per heavy atom. The Hall–Kier alpha value is -2.28. The number of hydrogen-bond donors (Lipinski definition) is 1. The summed E-state index contributed by atoms with van der Waals surface area (Å²) < 4.78 is 2.27. The van der Waals surface area contributed by atoms with Crippen LogP contribution < -0.4 is 5.32 Å². The summed E-state index contributed by atoms with van der Waals surface area (Å²) in [7, 11) is 2.12. The second-order valence-corrected chi connectivity index (χ2v) is 5.35. The molecule has 0 saturated carbocycles. The first-order valence-corrected chi connectivity index (χ1v) is 6.97. The molecule has 102 valence electrons. The van der Waals surface area contributed by atoms with Crippen LogP contribution in [0.25, 0.3) is 0 Å². The highest BCUT2D eigenvalue weighted by molar-refractivity contribution is 5.53. The fraction of sp³-hybridized carbons (Fsp3) is 0.375. The quantitative estimate of drug-likeness (QED) is 0.908. The molecule has 2 heterocycles. The summed E-state index contributed by atoms with van der Waals surface area (Å²) in [5, 5.41) is 12.6. The van der Waals surface area contributed by atoms with Gasteiger partial charge < -0.3 is 9.88 Å². The van der Waals surface area contributed by atoms with E-state index in [-0.39, 0.29) is 6.04 Å². The fourth-order valence-corrected chi connectivity index (χ4v) is 2.98. The van der Waals surface area contributed by atoms with Crippen molar-refractivity contribution in [3.8, 4) is 6.07 Å². The van der Waals surface area contributed by atoms with Gasteiger partial charge in [0.2, 0.25) is 0 Å². The van der Waals surface area contributed by atoms with Gasteiger partial charge in [-0.3, -0.25) is 0 Å². The van der Waals surface area contributed by atoms with E-state index in [9.17, 15) is 0 Å². The minimum Gasteiger partial charge on any atom is -0.362 e. The van der Waals surface area contributed by atoms with Crippen LogP contribution in [0.15, 0.2) is 24.4 Å². The molecule has 4 heteroatoms. The molecule has 1 unspecified atom stereocenters. The summed E-state index contributed by atoms with van der Waals surface area (Å²) in [6.07, 6.45) is 5.10. The maximum atomic E-state index is 9.16. The summed E-state index contributed by atoms with van der Waals surface area (Å²) in [6, 6.07) is 8.29. The molecule has 0 saturated heterocycles. The fourth-order valence-electron chi connectivity index (χ4n) is 2.98. The van der Waals surface area contributed by atoms with E-state index in [0.29, 0.717) is 11.4 Å². The van der Waals surface area contributed by atoms with Gasteiger partial charge >= 0.3 is 0 Å². The van der Waals surface area contributed by atoms with E-state index in [1.54, 1.807) is 18.3 Å². The Labute approximate surface area is 119 Å². The van der Waals surface area contributed by atoms with Gasteiger partial charge in [0.1, 0.15) is 11.9 Å².